The van der Waals surface area contributed by atoms with Gasteiger partial charge in [0.15, 0.2) is 11.6 Å². The molecule has 0 spiro atoms. The number of ether oxygens (including phenoxy) is 2. The Kier molecular flexibility index (Phi) is 6.53. The van der Waals surface area contributed by atoms with Crippen LogP contribution >= 0.6 is 0 Å². The third kappa shape index (κ3) is 4.79. The number of carbonyl (C=O) groups excluding carboxylic acids is 2. The lowest BCUT2D eigenvalue weighted by molar-refractivity contribution is -0.131. The molecule has 7 nitrogen and oxygen atoms in total. The molecule has 2 amide bonds. The predicted molar refractivity (Wildman–Crippen MR) is 120 cm³/mol. The second kappa shape index (κ2) is 9.68. The Hall–Kier alpha value is -3.94. The van der Waals surface area contributed by atoms with Crippen molar-refractivity contribution in [3.05, 3.63) is 83.8 Å². The van der Waals surface area contributed by atoms with Crippen LogP contribution < -0.4 is 9.47 Å². The number of carbonyl (C=O) groups is 2. The summed E-state index contributed by atoms with van der Waals surface area (Å²) in [4.78, 5) is 33.2. The number of rotatable bonds is 5. The fraction of sp³-hybridized carbons (Fsp3) is 0.240. The number of pyridine rings is 1. The molecule has 1 aliphatic rings. The maximum atomic E-state index is 14.0. The van der Waals surface area contributed by atoms with Gasteiger partial charge in [0.2, 0.25) is 11.8 Å². The van der Waals surface area contributed by atoms with Crippen LogP contribution in [0.25, 0.3) is 0 Å². The van der Waals surface area contributed by atoms with Crippen LogP contribution in [0, 0.1) is 5.82 Å². The predicted octanol–water partition coefficient (Wildman–Crippen LogP) is 4.07. The van der Waals surface area contributed by atoms with Gasteiger partial charge in [0.05, 0.1) is 13.2 Å². The Balaban J connectivity index is 1.64. The maximum absolute atomic E-state index is 14.0. The van der Waals surface area contributed by atoms with Gasteiger partial charge in [-0.05, 0) is 24.3 Å². The number of para-hydroxylation sites is 2. The minimum atomic E-state index is -0.521. The van der Waals surface area contributed by atoms with Gasteiger partial charge in [0.25, 0.3) is 5.91 Å². The number of nitrogens with zero attached hydrogens (tertiary/aromatic N) is 3. The van der Waals surface area contributed by atoms with Crippen LogP contribution in [0.4, 0.5) is 4.39 Å². The molecule has 4 rings (SSSR count). The summed E-state index contributed by atoms with van der Waals surface area (Å²) in [5.74, 6) is -0.0308. The minimum absolute atomic E-state index is 0.0246. The van der Waals surface area contributed by atoms with Gasteiger partial charge in [0, 0.05) is 49.9 Å². The fourth-order valence-electron chi connectivity index (χ4n) is 3.92. The highest BCUT2D eigenvalue weighted by Crippen LogP contribution is 2.33. The maximum Gasteiger partial charge on any atom is 0.254 e. The zero-order chi connectivity index (χ0) is 23.4. The molecule has 8 heteroatoms. The number of piperazine rings is 1. The summed E-state index contributed by atoms with van der Waals surface area (Å²) in [6.07, 6.45) is 1.45. The monoisotopic (exact) mass is 449 g/mol. The molecule has 33 heavy (non-hydrogen) atoms. The normalized spacial score (nSPS) is 15.8. The van der Waals surface area contributed by atoms with E-state index in [1.54, 1.807) is 35.1 Å². The summed E-state index contributed by atoms with van der Waals surface area (Å²) in [6.45, 7) is 2.65. The van der Waals surface area contributed by atoms with E-state index in [1.807, 2.05) is 24.3 Å². The molecule has 2 aromatic carbocycles. The van der Waals surface area contributed by atoms with Crippen molar-refractivity contribution in [2.45, 2.75) is 13.0 Å². The highest BCUT2D eigenvalue weighted by molar-refractivity contribution is 5.95. The first-order valence-electron chi connectivity index (χ1n) is 10.6. The average molecular weight is 449 g/mol. The first-order chi connectivity index (χ1) is 16.0. The SMILES string of the molecule is COc1ccccc1[C@H]1CN(C(C)=O)CCN1C(=O)c1ccnc(Oc2ccccc2F)c1. The zero-order valence-electron chi connectivity index (χ0n) is 18.4. The van der Waals surface area contributed by atoms with Gasteiger partial charge in [-0.25, -0.2) is 9.37 Å². The summed E-state index contributed by atoms with van der Waals surface area (Å²) >= 11 is 0. The quantitative estimate of drug-likeness (QED) is 0.587. The number of hydrogen-bond acceptors (Lipinski definition) is 5. The van der Waals surface area contributed by atoms with Crippen LogP contribution in [0.1, 0.15) is 28.9 Å². The van der Waals surface area contributed by atoms with Crippen LogP contribution in [0.2, 0.25) is 0 Å². The van der Waals surface area contributed by atoms with Gasteiger partial charge in [-0.15, -0.1) is 0 Å². The Morgan fingerprint density at radius 1 is 1.03 bits per heavy atom. The summed E-state index contributed by atoms with van der Waals surface area (Å²) in [5.41, 5.74) is 1.17. The zero-order valence-corrected chi connectivity index (χ0v) is 18.4. The van der Waals surface area contributed by atoms with E-state index in [-0.39, 0.29) is 23.4 Å². The van der Waals surface area contributed by atoms with Crippen LogP contribution in [0.3, 0.4) is 0 Å². The Morgan fingerprint density at radius 2 is 1.76 bits per heavy atom. The lowest BCUT2D eigenvalue weighted by Crippen LogP contribution is -2.52. The lowest BCUT2D eigenvalue weighted by Gasteiger charge is -2.41. The van der Waals surface area contributed by atoms with Crippen LogP contribution in [-0.4, -0.2) is 53.3 Å². The summed E-state index contributed by atoms with van der Waals surface area (Å²) < 4.78 is 25.0. The molecule has 0 N–H and O–H groups in total. The first kappa shape index (κ1) is 22.3. The van der Waals surface area contributed by atoms with Crippen molar-refractivity contribution in [3.63, 3.8) is 0 Å². The molecule has 3 aromatic rings. The standard InChI is InChI=1S/C25H24FN3O4/c1-17(30)28-13-14-29(21(16-28)19-7-3-5-9-22(19)32-2)25(31)18-11-12-27-24(15-18)33-23-10-6-4-8-20(23)26/h3-12,15,21H,13-14,16H2,1-2H3/t21-/m1/s1. The van der Waals surface area contributed by atoms with Gasteiger partial charge in [-0.1, -0.05) is 30.3 Å². The topological polar surface area (TPSA) is 72.0 Å². The second-order valence-corrected chi connectivity index (χ2v) is 7.64. The molecule has 0 bridgehead atoms. The van der Waals surface area contributed by atoms with Crippen molar-refractivity contribution in [3.8, 4) is 17.4 Å². The van der Waals surface area contributed by atoms with Crippen molar-refractivity contribution in [2.75, 3.05) is 26.7 Å². The van der Waals surface area contributed by atoms with Crippen LogP contribution in [0.5, 0.6) is 17.4 Å². The van der Waals surface area contributed by atoms with E-state index in [4.69, 9.17) is 9.47 Å². The molecule has 0 aliphatic carbocycles. The van der Waals surface area contributed by atoms with Crippen molar-refractivity contribution >= 4 is 11.8 Å². The molecule has 1 aromatic heterocycles. The van der Waals surface area contributed by atoms with E-state index in [0.29, 0.717) is 30.9 Å². The third-order valence-electron chi connectivity index (χ3n) is 5.62. The average Bonchev–Trinajstić information content (AvgIpc) is 2.84. The fourth-order valence-corrected chi connectivity index (χ4v) is 3.92. The highest BCUT2D eigenvalue weighted by atomic mass is 19.1. The van der Waals surface area contributed by atoms with E-state index in [0.717, 1.165) is 5.56 Å². The lowest BCUT2D eigenvalue weighted by atomic mass is 10.00. The molecule has 1 atom stereocenters. The van der Waals surface area contributed by atoms with E-state index < -0.39 is 11.9 Å². The molecule has 1 fully saturated rings. The number of halogens is 1. The molecule has 1 aliphatic heterocycles. The number of methoxy groups -OCH3 is 1. The first-order valence-corrected chi connectivity index (χ1v) is 10.6. The van der Waals surface area contributed by atoms with Gasteiger partial charge in [-0.2, -0.15) is 0 Å². The summed E-state index contributed by atoms with van der Waals surface area (Å²) in [5, 5.41) is 0. The molecular formula is C25H24FN3O4. The van der Waals surface area contributed by atoms with Gasteiger partial charge >= 0.3 is 0 Å². The van der Waals surface area contributed by atoms with Gasteiger partial charge in [0.1, 0.15) is 5.75 Å². The molecule has 0 radical (unpaired) electrons. The van der Waals surface area contributed by atoms with Crippen LogP contribution in [-0.2, 0) is 4.79 Å². The van der Waals surface area contributed by atoms with Gasteiger partial charge in [-0.3, -0.25) is 9.59 Å². The Bertz CT molecular complexity index is 1170. The van der Waals surface area contributed by atoms with E-state index >= 15 is 0 Å². The summed E-state index contributed by atoms with van der Waals surface area (Å²) in [7, 11) is 1.58. The van der Waals surface area contributed by atoms with E-state index in [1.165, 1.54) is 31.3 Å². The molecule has 0 unspecified atom stereocenters. The van der Waals surface area contributed by atoms with Crippen molar-refractivity contribution in [1.29, 1.82) is 0 Å². The smallest absolute Gasteiger partial charge is 0.254 e. The molecule has 0 saturated carbocycles. The summed E-state index contributed by atoms with van der Waals surface area (Å²) in [6, 6.07) is 16.1. The van der Waals surface area contributed by atoms with Crippen molar-refractivity contribution in [1.82, 2.24) is 14.8 Å². The van der Waals surface area contributed by atoms with Crippen molar-refractivity contribution in [2.24, 2.45) is 0 Å². The number of benzene rings is 2. The number of amides is 2. The van der Waals surface area contributed by atoms with Crippen LogP contribution in [0.15, 0.2) is 66.9 Å². The number of aromatic nitrogens is 1. The van der Waals surface area contributed by atoms with E-state index in [9.17, 15) is 14.0 Å². The molecule has 2 heterocycles. The molecular weight excluding hydrogens is 425 g/mol. The Labute approximate surface area is 191 Å². The largest absolute Gasteiger partial charge is 0.496 e. The van der Waals surface area contributed by atoms with E-state index in [2.05, 4.69) is 4.98 Å². The molecule has 170 valence electrons. The number of hydrogen-bond donors (Lipinski definition) is 0. The minimum Gasteiger partial charge on any atom is -0.496 e. The third-order valence-corrected chi connectivity index (χ3v) is 5.62. The Morgan fingerprint density at radius 3 is 2.48 bits per heavy atom. The van der Waals surface area contributed by atoms with Gasteiger partial charge < -0.3 is 19.3 Å². The van der Waals surface area contributed by atoms with Crippen molar-refractivity contribution < 1.29 is 23.5 Å². The molecule has 1 saturated heterocycles. The second-order valence-electron chi connectivity index (χ2n) is 7.64. The highest BCUT2D eigenvalue weighted by Gasteiger charge is 2.34.